The molecular weight excluding hydrogens is 134 g/mol. The lowest BCUT2D eigenvalue weighted by atomic mass is 10.0. The summed E-state index contributed by atoms with van der Waals surface area (Å²) in [5.74, 6) is 0. The van der Waals surface area contributed by atoms with Gasteiger partial charge in [-0.3, -0.25) is 0 Å². The Labute approximate surface area is 69.1 Å². The van der Waals surface area contributed by atoms with Crippen molar-refractivity contribution in [3.63, 3.8) is 0 Å². The Bertz CT molecular complexity index is 162. The highest BCUT2D eigenvalue weighted by Gasteiger charge is 2.26. The summed E-state index contributed by atoms with van der Waals surface area (Å²) >= 11 is 0. The third-order valence-electron chi connectivity index (χ3n) is 3.00. The van der Waals surface area contributed by atoms with Gasteiger partial charge in [-0.2, -0.15) is 0 Å². The van der Waals surface area contributed by atoms with Crippen LogP contribution in [-0.2, 0) is 0 Å². The Kier molecular flexibility index (Phi) is 1.99. The molecule has 0 saturated carbocycles. The lowest BCUT2D eigenvalue weighted by molar-refractivity contribution is 0.264. The van der Waals surface area contributed by atoms with Crippen molar-refractivity contribution in [3.05, 3.63) is 12.2 Å². The monoisotopic (exact) mass is 151 g/mol. The average Bonchev–Trinajstić information content (AvgIpc) is 2.31. The predicted molar refractivity (Wildman–Crippen MR) is 47.6 cm³/mol. The summed E-state index contributed by atoms with van der Waals surface area (Å²) in [7, 11) is 0. The molecule has 2 aliphatic heterocycles. The van der Waals surface area contributed by atoms with Crippen LogP contribution in [0.25, 0.3) is 0 Å². The molecular formula is C10H17N. The zero-order chi connectivity index (χ0) is 7.68. The molecule has 0 bridgehead atoms. The van der Waals surface area contributed by atoms with E-state index in [1.54, 1.807) is 0 Å². The van der Waals surface area contributed by atoms with E-state index >= 15 is 0 Å². The topological polar surface area (TPSA) is 3.24 Å². The molecule has 2 rings (SSSR count). The first-order valence-corrected chi connectivity index (χ1v) is 4.77. The summed E-state index contributed by atoms with van der Waals surface area (Å²) in [5, 5.41) is 0. The van der Waals surface area contributed by atoms with E-state index in [1.807, 2.05) is 0 Å². The van der Waals surface area contributed by atoms with E-state index in [2.05, 4.69) is 11.5 Å². The fourth-order valence-electron chi connectivity index (χ4n) is 2.39. The third kappa shape index (κ3) is 1.48. The normalized spacial score (nSPS) is 33.5. The van der Waals surface area contributed by atoms with Crippen molar-refractivity contribution in [2.75, 3.05) is 13.1 Å². The number of nitrogens with zero attached hydrogens (tertiary/aromatic N) is 1. The van der Waals surface area contributed by atoms with Gasteiger partial charge in [0.15, 0.2) is 0 Å². The Balaban J connectivity index is 2.03. The fraction of sp³-hybridized carbons (Fsp3) is 0.800. The van der Waals surface area contributed by atoms with Crippen LogP contribution in [0.4, 0.5) is 0 Å². The highest BCUT2D eigenvalue weighted by Crippen LogP contribution is 2.27. The van der Waals surface area contributed by atoms with Crippen LogP contribution in [0.15, 0.2) is 12.2 Å². The van der Waals surface area contributed by atoms with Gasteiger partial charge in [0.2, 0.25) is 0 Å². The predicted octanol–water partition coefficient (Wildman–Crippen LogP) is 2.19. The van der Waals surface area contributed by atoms with E-state index in [4.69, 9.17) is 0 Å². The van der Waals surface area contributed by atoms with Crippen LogP contribution in [0.2, 0.25) is 0 Å². The molecule has 2 heterocycles. The highest BCUT2D eigenvalue weighted by atomic mass is 15.2. The van der Waals surface area contributed by atoms with E-state index in [0.717, 1.165) is 6.04 Å². The van der Waals surface area contributed by atoms with Crippen LogP contribution in [0.1, 0.15) is 32.1 Å². The molecule has 62 valence electrons. The van der Waals surface area contributed by atoms with Gasteiger partial charge >= 0.3 is 0 Å². The summed E-state index contributed by atoms with van der Waals surface area (Å²) in [5.41, 5.74) is 1.49. The summed E-state index contributed by atoms with van der Waals surface area (Å²) in [4.78, 5) is 2.65. The molecule has 1 atom stereocenters. The first-order valence-electron chi connectivity index (χ1n) is 4.77. The first kappa shape index (κ1) is 7.35. The largest absolute Gasteiger partial charge is 0.300 e. The molecule has 0 N–H and O–H groups in total. The van der Waals surface area contributed by atoms with Gasteiger partial charge < -0.3 is 4.90 Å². The summed E-state index contributed by atoms with van der Waals surface area (Å²) < 4.78 is 0. The quantitative estimate of drug-likeness (QED) is 0.480. The second-order valence-corrected chi connectivity index (χ2v) is 3.89. The van der Waals surface area contributed by atoms with Crippen LogP contribution in [-0.4, -0.2) is 24.0 Å². The van der Waals surface area contributed by atoms with Gasteiger partial charge in [-0.1, -0.05) is 12.2 Å². The van der Waals surface area contributed by atoms with E-state index in [9.17, 15) is 0 Å². The zero-order valence-corrected chi connectivity index (χ0v) is 7.18. The van der Waals surface area contributed by atoms with Gasteiger partial charge in [-0.15, -0.1) is 0 Å². The standard InChI is InChI=1S/C10H17N/c1-9-4-2-6-11-7-3-5-10(11)8-9/h10H,1-8H2. The summed E-state index contributed by atoms with van der Waals surface area (Å²) in [6.07, 6.45) is 6.72. The SMILES string of the molecule is C=C1CCCN2CCCC2C1. The Morgan fingerprint density at radius 2 is 2.09 bits per heavy atom. The molecule has 1 unspecified atom stereocenters. The number of fused-ring (bicyclic) bond motifs is 1. The average molecular weight is 151 g/mol. The smallest absolute Gasteiger partial charge is 0.0133 e. The van der Waals surface area contributed by atoms with Crippen molar-refractivity contribution in [1.29, 1.82) is 0 Å². The Morgan fingerprint density at radius 3 is 3.00 bits per heavy atom. The van der Waals surface area contributed by atoms with Crippen LogP contribution < -0.4 is 0 Å². The second kappa shape index (κ2) is 2.98. The molecule has 0 aromatic heterocycles. The molecule has 1 heteroatoms. The van der Waals surface area contributed by atoms with Gasteiger partial charge in [-0.05, 0) is 45.2 Å². The van der Waals surface area contributed by atoms with E-state index in [-0.39, 0.29) is 0 Å². The number of hydrogen-bond donors (Lipinski definition) is 0. The summed E-state index contributed by atoms with van der Waals surface area (Å²) in [6.45, 7) is 6.78. The highest BCUT2D eigenvalue weighted by molar-refractivity contribution is 5.02. The lowest BCUT2D eigenvalue weighted by Crippen LogP contribution is -2.28. The maximum Gasteiger partial charge on any atom is 0.0133 e. The van der Waals surface area contributed by atoms with Gasteiger partial charge in [0.25, 0.3) is 0 Å². The zero-order valence-electron chi connectivity index (χ0n) is 7.18. The molecule has 11 heavy (non-hydrogen) atoms. The number of rotatable bonds is 0. The van der Waals surface area contributed by atoms with Crippen molar-refractivity contribution < 1.29 is 0 Å². The maximum absolute atomic E-state index is 4.11. The van der Waals surface area contributed by atoms with Gasteiger partial charge in [-0.25, -0.2) is 0 Å². The van der Waals surface area contributed by atoms with Crippen LogP contribution >= 0.6 is 0 Å². The molecule has 0 amide bonds. The minimum absolute atomic E-state index is 0.866. The van der Waals surface area contributed by atoms with Crippen molar-refractivity contribution in [2.24, 2.45) is 0 Å². The Morgan fingerprint density at radius 1 is 1.27 bits per heavy atom. The van der Waals surface area contributed by atoms with Gasteiger partial charge in [0.1, 0.15) is 0 Å². The molecule has 0 aromatic carbocycles. The fourth-order valence-corrected chi connectivity index (χ4v) is 2.39. The molecule has 0 spiro atoms. The third-order valence-corrected chi connectivity index (χ3v) is 3.00. The van der Waals surface area contributed by atoms with Crippen molar-refractivity contribution in [1.82, 2.24) is 4.90 Å². The summed E-state index contributed by atoms with van der Waals surface area (Å²) in [6, 6.07) is 0.866. The molecule has 0 aliphatic carbocycles. The second-order valence-electron chi connectivity index (χ2n) is 3.89. The van der Waals surface area contributed by atoms with E-state index in [0.29, 0.717) is 0 Å². The minimum Gasteiger partial charge on any atom is -0.300 e. The van der Waals surface area contributed by atoms with Crippen molar-refractivity contribution in [3.8, 4) is 0 Å². The minimum atomic E-state index is 0.866. The van der Waals surface area contributed by atoms with E-state index < -0.39 is 0 Å². The molecule has 0 radical (unpaired) electrons. The van der Waals surface area contributed by atoms with Gasteiger partial charge in [0, 0.05) is 6.04 Å². The van der Waals surface area contributed by atoms with Crippen LogP contribution in [0.5, 0.6) is 0 Å². The van der Waals surface area contributed by atoms with Crippen molar-refractivity contribution in [2.45, 2.75) is 38.1 Å². The van der Waals surface area contributed by atoms with Crippen LogP contribution in [0.3, 0.4) is 0 Å². The molecule has 0 aromatic rings. The molecule has 1 nitrogen and oxygen atoms in total. The Hall–Kier alpha value is -0.300. The molecule has 2 saturated heterocycles. The van der Waals surface area contributed by atoms with Crippen LogP contribution in [0, 0.1) is 0 Å². The lowest BCUT2D eigenvalue weighted by Gasteiger charge is -2.20. The maximum atomic E-state index is 4.11. The molecule has 2 fully saturated rings. The molecule has 2 aliphatic rings. The first-order chi connectivity index (χ1) is 5.36. The van der Waals surface area contributed by atoms with Gasteiger partial charge in [0.05, 0.1) is 0 Å². The van der Waals surface area contributed by atoms with E-state index in [1.165, 1.54) is 50.8 Å². The van der Waals surface area contributed by atoms with Crippen molar-refractivity contribution >= 4 is 0 Å². The number of hydrogen-bond acceptors (Lipinski definition) is 1.